The van der Waals surface area contributed by atoms with Gasteiger partial charge in [-0.05, 0) is 62.4 Å². The van der Waals surface area contributed by atoms with E-state index in [9.17, 15) is 22.4 Å². The van der Waals surface area contributed by atoms with Crippen LogP contribution in [0.3, 0.4) is 0 Å². The van der Waals surface area contributed by atoms with Gasteiger partial charge in [-0.3, -0.25) is 9.36 Å². The number of amides is 1. The molecule has 1 heterocycles. The van der Waals surface area contributed by atoms with Crippen LogP contribution in [0.5, 0.6) is 5.75 Å². The molecule has 3 aromatic carbocycles. The van der Waals surface area contributed by atoms with E-state index in [0.29, 0.717) is 16.7 Å². The van der Waals surface area contributed by atoms with Crippen LogP contribution in [-0.2, 0) is 11.0 Å². The molecule has 6 nitrogen and oxygen atoms in total. The molecule has 0 radical (unpaired) electrons. The van der Waals surface area contributed by atoms with Gasteiger partial charge in [-0.1, -0.05) is 42.1 Å². The van der Waals surface area contributed by atoms with Crippen molar-refractivity contribution in [2.75, 3.05) is 5.32 Å². The molecule has 11 heteroatoms. The number of carbonyl (C=O) groups excluding carboxylic acids is 1. The number of carbonyl (C=O) groups is 1. The van der Waals surface area contributed by atoms with Crippen molar-refractivity contribution in [3.8, 4) is 11.4 Å². The minimum atomic E-state index is -4.46. The summed E-state index contributed by atoms with van der Waals surface area (Å²) in [6.07, 6.45) is -5.15. The monoisotopic (exact) mass is 530 g/mol. The van der Waals surface area contributed by atoms with Crippen molar-refractivity contribution in [2.45, 2.75) is 36.5 Å². The summed E-state index contributed by atoms with van der Waals surface area (Å²) in [4.78, 5) is 12.8. The van der Waals surface area contributed by atoms with Crippen LogP contribution < -0.4 is 10.1 Å². The molecule has 0 fully saturated rings. The Balaban J connectivity index is 1.55. The standard InChI is InChI=1S/C26H22F4N4O2S/c1-16(36-22-11-7-6-10-21(22)27)23-32-33-25(34(23)20-8-4-3-5-9-20)37-17(2)24(35)31-19-14-12-18(13-15-19)26(28,29)30/h3-17H,1-2H3,(H,31,35). The molecule has 0 aliphatic rings. The molecule has 0 aliphatic carbocycles. The van der Waals surface area contributed by atoms with E-state index in [0.717, 1.165) is 23.9 Å². The zero-order valence-electron chi connectivity index (χ0n) is 19.7. The van der Waals surface area contributed by atoms with Crippen molar-refractivity contribution in [2.24, 2.45) is 0 Å². The van der Waals surface area contributed by atoms with Gasteiger partial charge in [0, 0.05) is 11.4 Å². The van der Waals surface area contributed by atoms with Crippen LogP contribution in [0.25, 0.3) is 5.69 Å². The van der Waals surface area contributed by atoms with Gasteiger partial charge < -0.3 is 10.1 Å². The second-order valence-corrected chi connectivity index (χ2v) is 9.33. The average molecular weight is 531 g/mol. The predicted molar refractivity (Wildman–Crippen MR) is 132 cm³/mol. The highest BCUT2D eigenvalue weighted by atomic mass is 32.2. The number of nitrogens with one attached hydrogen (secondary N) is 1. The van der Waals surface area contributed by atoms with Crippen LogP contribution in [0.4, 0.5) is 23.2 Å². The van der Waals surface area contributed by atoms with E-state index < -0.39 is 34.8 Å². The Morgan fingerprint density at radius 2 is 1.59 bits per heavy atom. The van der Waals surface area contributed by atoms with Crippen molar-refractivity contribution in [1.29, 1.82) is 0 Å². The van der Waals surface area contributed by atoms with E-state index in [4.69, 9.17) is 4.74 Å². The highest BCUT2D eigenvalue weighted by Crippen LogP contribution is 2.32. The number of benzene rings is 3. The van der Waals surface area contributed by atoms with E-state index in [1.165, 1.54) is 24.3 Å². The molecule has 0 spiro atoms. The molecule has 1 N–H and O–H groups in total. The number of hydrogen-bond acceptors (Lipinski definition) is 5. The summed E-state index contributed by atoms with van der Waals surface area (Å²) in [6.45, 7) is 3.36. The first-order valence-electron chi connectivity index (χ1n) is 11.2. The summed E-state index contributed by atoms with van der Waals surface area (Å²) in [6, 6.07) is 19.4. The van der Waals surface area contributed by atoms with E-state index in [1.807, 2.05) is 30.3 Å². The number of thioether (sulfide) groups is 1. The third-order valence-corrected chi connectivity index (χ3v) is 6.35. The van der Waals surface area contributed by atoms with E-state index in [2.05, 4.69) is 15.5 Å². The van der Waals surface area contributed by atoms with Gasteiger partial charge in [0.1, 0.15) is 0 Å². The van der Waals surface area contributed by atoms with Gasteiger partial charge in [0.05, 0.1) is 10.8 Å². The summed E-state index contributed by atoms with van der Waals surface area (Å²) in [5.41, 5.74) is 0.148. The molecule has 1 amide bonds. The Morgan fingerprint density at radius 1 is 0.946 bits per heavy atom. The number of alkyl halides is 3. The number of halogens is 4. The first-order valence-corrected chi connectivity index (χ1v) is 12.1. The van der Waals surface area contributed by atoms with Gasteiger partial charge in [0.2, 0.25) is 5.91 Å². The molecule has 4 rings (SSSR count). The van der Waals surface area contributed by atoms with Gasteiger partial charge in [-0.2, -0.15) is 13.2 Å². The number of anilines is 1. The Kier molecular flexibility index (Phi) is 7.82. The number of para-hydroxylation sites is 2. The lowest BCUT2D eigenvalue weighted by molar-refractivity contribution is -0.137. The maximum atomic E-state index is 14.1. The van der Waals surface area contributed by atoms with Crippen molar-refractivity contribution in [1.82, 2.24) is 14.8 Å². The van der Waals surface area contributed by atoms with Crippen molar-refractivity contribution >= 4 is 23.4 Å². The maximum Gasteiger partial charge on any atom is 0.416 e. The third kappa shape index (κ3) is 6.29. The number of aromatic nitrogens is 3. The molecule has 2 atom stereocenters. The van der Waals surface area contributed by atoms with E-state index in [1.54, 1.807) is 30.5 Å². The number of nitrogens with zero attached hydrogens (tertiary/aromatic N) is 3. The summed E-state index contributed by atoms with van der Waals surface area (Å²) in [7, 11) is 0. The summed E-state index contributed by atoms with van der Waals surface area (Å²) in [5.74, 6) is -0.476. The van der Waals surface area contributed by atoms with E-state index >= 15 is 0 Å². The van der Waals surface area contributed by atoms with Crippen molar-refractivity contribution in [3.05, 3.63) is 96.1 Å². The zero-order valence-corrected chi connectivity index (χ0v) is 20.6. The van der Waals surface area contributed by atoms with Gasteiger partial charge in [-0.15, -0.1) is 10.2 Å². The topological polar surface area (TPSA) is 69.0 Å². The molecular formula is C26H22F4N4O2S. The van der Waals surface area contributed by atoms with Gasteiger partial charge in [-0.25, -0.2) is 4.39 Å². The molecule has 0 bridgehead atoms. The van der Waals surface area contributed by atoms with Crippen LogP contribution >= 0.6 is 11.8 Å². The minimum Gasteiger partial charge on any atom is -0.480 e. The molecular weight excluding hydrogens is 508 g/mol. The molecule has 1 aromatic heterocycles. The fourth-order valence-electron chi connectivity index (χ4n) is 3.42. The highest BCUT2D eigenvalue weighted by molar-refractivity contribution is 8.00. The van der Waals surface area contributed by atoms with Crippen LogP contribution in [0.15, 0.2) is 84.0 Å². The smallest absolute Gasteiger partial charge is 0.416 e. The lowest BCUT2D eigenvalue weighted by Crippen LogP contribution is -2.23. The fraction of sp³-hybridized carbons (Fsp3) is 0.192. The summed E-state index contributed by atoms with van der Waals surface area (Å²) < 4.78 is 60.1. The molecule has 0 aliphatic heterocycles. The van der Waals surface area contributed by atoms with E-state index in [-0.39, 0.29) is 11.4 Å². The Bertz CT molecular complexity index is 1360. The quantitative estimate of drug-likeness (QED) is 0.203. The highest BCUT2D eigenvalue weighted by Gasteiger charge is 2.30. The second-order valence-electron chi connectivity index (χ2n) is 8.03. The Labute approximate surface area is 214 Å². The van der Waals surface area contributed by atoms with Gasteiger partial charge in [0.25, 0.3) is 0 Å². The summed E-state index contributed by atoms with van der Waals surface area (Å²) in [5, 5.41) is 10.8. The summed E-state index contributed by atoms with van der Waals surface area (Å²) >= 11 is 1.12. The minimum absolute atomic E-state index is 0.0658. The van der Waals surface area contributed by atoms with Crippen LogP contribution in [0.2, 0.25) is 0 Å². The lowest BCUT2D eigenvalue weighted by atomic mass is 10.2. The first-order chi connectivity index (χ1) is 17.6. The van der Waals surface area contributed by atoms with Gasteiger partial charge in [0.15, 0.2) is 28.7 Å². The first kappa shape index (κ1) is 26.2. The predicted octanol–water partition coefficient (Wildman–Crippen LogP) is 6.68. The van der Waals surface area contributed by atoms with Crippen molar-refractivity contribution in [3.63, 3.8) is 0 Å². The molecule has 0 saturated carbocycles. The molecule has 2 unspecified atom stereocenters. The third-order valence-electron chi connectivity index (χ3n) is 5.31. The SMILES string of the molecule is CC(Sc1nnc(C(C)Oc2ccccc2F)n1-c1ccccc1)C(=O)Nc1ccc(C(F)(F)F)cc1. The van der Waals surface area contributed by atoms with Gasteiger partial charge >= 0.3 is 6.18 Å². The van der Waals surface area contributed by atoms with Crippen LogP contribution in [-0.4, -0.2) is 25.9 Å². The molecule has 4 aromatic rings. The normalized spacial score (nSPS) is 13.1. The zero-order chi connectivity index (χ0) is 26.6. The Hall–Kier alpha value is -3.86. The average Bonchev–Trinajstić information content (AvgIpc) is 3.29. The fourth-order valence-corrected chi connectivity index (χ4v) is 4.30. The molecule has 37 heavy (non-hydrogen) atoms. The number of ether oxygens (including phenoxy) is 1. The van der Waals surface area contributed by atoms with Crippen molar-refractivity contribution < 1.29 is 27.1 Å². The van der Waals surface area contributed by atoms with Crippen LogP contribution in [0.1, 0.15) is 31.3 Å². The Morgan fingerprint density at radius 3 is 2.24 bits per heavy atom. The number of hydrogen-bond donors (Lipinski definition) is 1. The second kappa shape index (κ2) is 11.0. The maximum absolute atomic E-state index is 14.1. The lowest BCUT2D eigenvalue weighted by Gasteiger charge is -2.18. The number of rotatable bonds is 8. The largest absolute Gasteiger partial charge is 0.480 e. The van der Waals surface area contributed by atoms with Crippen LogP contribution in [0, 0.1) is 5.82 Å². The molecule has 0 saturated heterocycles. The molecule has 192 valence electrons.